The van der Waals surface area contributed by atoms with Crippen molar-refractivity contribution < 1.29 is 4.52 Å². The molecule has 0 radical (unpaired) electrons. The molecular formula is C21H27N3O. The minimum atomic E-state index is 0.414. The second-order valence-electron chi connectivity index (χ2n) is 8.22. The van der Waals surface area contributed by atoms with E-state index in [1.165, 1.54) is 67.4 Å². The molecule has 0 bridgehead atoms. The van der Waals surface area contributed by atoms with Crippen LogP contribution in [0.3, 0.4) is 0 Å². The molecule has 2 fully saturated rings. The summed E-state index contributed by atoms with van der Waals surface area (Å²) in [6.07, 6.45) is 9.83. The SMILES string of the molecule is Cc1noc(C)c1-c1cc(CC2CCCC2)c2c(c1)NC(C1CC1)N2. The number of aryl methyl sites for hydroxylation is 2. The molecule has 4 heteroatoms. The van der Waals surface area contributed by atoms with Crippen LogP contribution in [0.4, 0.5) is 11.4 Å². The fraction of sp³-hybridized carbons (Fsp3) is 0.571. The topological polar surface area (TPSA) is 50.1 Å². The van der Waals surface area contributed by atoms with Crippen LogP contribution in [0, 0.1) is 25.7 Å². The lowest BCUT2D eigenvalue weighted by atomic mass is 9.92. The van der Waals surface area contributed by atoms with Crippen molar-refractivity contribution in [2.75, 3.05) is 10.6 Å². The molecular weight excluding hydrogens is 310 g/mol. The monoisotopic (exact) mass is 337 g/mol. The van der Waals surface area contributed by atoms with E-state index in [9.17, 15) is 0 Å². The van der Waals surface area contributed by atoms with Gasteiger partial charge in [0.15, 0.2) is 0 Å². The van der Waals surface area contributed by atoms with Gasteiger partial charge in [0.1, 0.15) is 5.76 Å². The molecule has 0 amide bonds. The highest BCUT2D eigenvalue weighted by Crippen LogP contribution is 2.45. The number of nitrogens with zero attached hydrogens (tertiary/aromatic N) is 1. The van der Waals surface area contributed by atoms with Crippen LogP contribution in [0.15, 0.2) is 16.7 Å². The van der Waals surface area contributed by atoms with Crippen molar-refractivity contribution in [3.8, 4) is 11.1 Å². The summed E-state index contributed by atoms with van der Waals surface area (Å²) in [7, 11) is 0. The Morgan fingerprint density at radius 2 is 1.88 bits per heavy atom. The molecule has 2 aliphatic carbocycles. The van der Waals surface area contributed by atoms with Gasteiger partial charge in [0.25, 0.3) is 0 Å². The highest BCUT2D eigenvalue weighted by atomic mass is 16.5. The van der Waals surface area contributed by atoms with Crippen molar-refractivity contribution >= 4 is 11.4 Å². The van der Waals surface area contributed by atoms with Crippen LogP contribution >= 0.6 is 0 Å². The Balaban J connectivity index is 1.56. The van der Waals surface area contributed by atoms with Crippen LogP contribution in [0.25, 0.3) is 11.1 Å². The summed E-state index contributed by atoms with van der Waals surface area (Å²) < 4.78 is 5.43. The second-order valence-corrected chi connectivity index (χ2v) is 8.22. The predicted molar refractivity (Wildman–Crippen MR) is 101 cm³/mol. The van der Waals surface area contributed by atoms with Crippen LogP contribution < -0.4 is 10.6 Å². The Kier molecular flexibility index (Phi) is 3.54. The van der Waals surface area contributed by atoms with Crippen LogP contribution in [-0.4, -0.2) is 11.3 Å². The van der Waals surface area contributed by atoms with Crippen molar-refractivity contribution in [2.45, 2.75) is 65.0 Å². The zero-order valence-corrected chi connectivity index (χ0v) is 15.2. The van der Waals surface area contributed by atoms with E-state index in [-0.39, 0.29) is 0 Å². The molecule has 2 heterocycles. The first-order valence-electron chi connectivity index (χ1n) is 9.82. The first-order valence-corrected chi connectivity index (χ1v) is 9.82. The molecule has 0 spiro atoms. The summed E-state index contributed by atoms with van der Waals surface area (Å²) in [5.74, 6) is 2.54. The van der Waals surface area contributed by atoms with E-state index >= 15 is 0 Å². The Labute approximate surface area is 149 Å². The summed E-state index contributed by atoms with van der Waals surface area (Å²) in [5.41, 5.74) is 7.46. The molecule has 2 saturated carbocycles. The van der Waals surface area contributed by atoms with E-state index < -0.39 is 0 Å². The normalized spacial score (nSPS) is 22.7. The van der Waals surface area contributed by atoms with Crippen LogP contribution in [0.5, 0.6) is 0 Å². The van der Waals surface area contributed by atoms with Crippen molar-refractivity contribution in [3.63, 3.8) is 0 Å². The summed E-state index contributed by atoms with van der Waals surface area (Å²) in [4.78, 5) is 0. The van der Waals surface area contributed by atoms with Crippen molar-refractivity contribution in [1.82, 2.24) is 5.16 Å². The lowest BCUT2D eigenvalue weighted by molar-refractivity contribution is 0.393. The maximum atomic E-state index is 5.43. The summed E-state index contributed by atoms with van der Waals surface area (Å²) in [6, 6.07) is 4.67. The van der Waals surface area contributed by atoms with Gasteiger partial charge in [-0.25, -0.2) is 0 Å². The third kappa shape index (κ3) is 2.72. The Morgan fingerprint density at radius 3 is 2.56 bits per heavy atom. The van der Waals surface area contributed by atoms with Crippen molar-refractivity contribution in [2.24, 2.45) is 11.8 Å². The predicted octanol–water partition coefficient (Wildman–Crippen LogP) is 5.26. The van der Waals surface area contributed by atoms with Gasteiger partial charge in [-0.05, 0) is 68.2 Å². The smallest absolute Gasteiger partial charge is 0.141 e. The summed E-state index contributed by atoms with van der Waals surface area (Å²) >= 11 is 0. The average Bonchev–Trinajstić information content (AvgIpc) is 3.00. The first kappa shape index (κ1) is 15.3. The van der Waals surface area contributed by atoms with E-state index in [1.807, 2.05) is 13.8 Å². The number of fused-ring (bicyclic) bond motifs is 1. The number of aromatic nitrogens is 1. The highest BCUT2D eigenvalue weighted by Gasteiger charge is 2.36. The number of nitrogens with one attached hydrogen (secondary N) is 2. The molecule has 5 rings (SSSR count). The number of hydrogen-bond acceptors (Lipinski definition) is 4. The van der Waals surface area contributed by atoms with Gasteiger partial charge >= 0.3 is 0 Å². The van der Waals surface area contributed by atoms with Crippen molar-refractivity contribution in [1.29, 1.82) is 0 Å². The molecule has 1 aromatic carbocycles. The third-order valence-electron chi connectivity index (χ3n) is 6.23. The fourth-order valence-corrected chi connectivity index (χ4v) is 4.74. The van der Waals surface area contributed by atoms with Gasteiger partial charge in [0.2, 0.25) is 0 Å². The van der Waals surface area contributed by atoms with Gasteiger partial charge in [0, 0.05) is 5.56 Å². The van der Waals surface area contributed by atoms with E-state index in [0.29, 0.717) is 6.17 Å². The molecule has 1 aromatic heterocycles. The van der Waals surface area contributed by atoms with Gasteiger partial charge < -0.3 is 15.2 Å². The lowest BCUT2D eigenvalue weighted by Crippen LogP contribution is -2.24. The summed E-state index contributed by atoms with van der Waals surface area (Å²) in [6.45, 7) is 4.05. The quantitative estimate of drug-likeness (QED) is 0.798. The van der Waals surface area contributed by atoms with Crippen LogP contribution in [0.2, 0.25) is 0 Å². The standard InChI is InChI=1S/C21H27N3O/c1-12-19(13(2)25-24-12)16-10-17(9-14-5-3-4-6-14)20-18(11-16)22-21(23-20)15-7-8-15/h10-11,14-15,21-23H,3-9H2,1-2H3. The molecule has 2 aromatic rings. The average molecular weight is 337 g/mol. The number of hydrogen-bond donors (Lipinski definition) is 2. The Hall–Kier alpha value is -1.97. The van der Waals surface area contributed by atoms with E-state index in [0.717, 1.165) is 28.9 Å². The molecule has 1 aliphatic heterocycles. The number of rotatable bonds is 4. The maximum Gasteiger partial charge on any atom is 0.141 e. The highest BCUT2D eigenvalue weighted by molar-refractivity contribution is 5.85. The molecule has 2 N–H and O–H groups in total. The number of anilines is 2. The Morgan fingerprint density at radius 1 is 1.08 bits per heavy atom. The van der Waals surface area contributed by atoms with E-state index in [4.69, 9.17) is 4.52 Å². The van der Waals surface area contributed by atoms with E-state index in [1.54, 1.807) is 0 Å². The van der Waals surface area contributed by atoms with E-state index in [2.05, 4.69) is 27.9 Å². The molecule has 132 valence electrons. The Bertz CT molecular complexity index is 780. The molecule has 3 aliphatic rings. The van der Waals surface area contributed by atoms with Crippen molar-refractivity contribution in [3.05, 3.63) is 29.2 Å². The minimum absolute atomic E-state index is 0.414. The van der Waals surface area contributed by atoms with Gasteiger partial charge in [0.05, 0.1) is 23.2 Å². The van der Waals surface area contributed by atoms with Crippen LogP contribution in [-0.2, 0) is 6.42 Å². The zero-order valence-electron chi connectivity index (χ0n) is 15.2. The molecule has 25 heavy (non-hydrogen) atoms. The number of benzene rings is 1. The molecule has 1 atom stereocenters. The van der Waals surface area contributed by atoms with Crippen LogP contribution in [0.1, 0.15) is 55.5 Å². The fourth-order valence-electron chi connectivity index (χ4n) is 4.74. The van der Waals surface area contributed by atoms with Gasteiger partial charge in [-0.2, -0.15) is 0 Å². The third-order valence-corrected chi connectivity index (χ3v) is 6.23. The molecule has 0 saturated heterocycles. The second kappa shape index (κ2) is 5.79. The largest absolute Gasteiger partial charge is 0.363 e. The van der Waals surface area contributed by atoms with Gasteiger partial charge in [-0.15, -0.1) is 0 Å². The summed E-state index contributed by atoms with van der Waals surface area (Å²) in [5, 5.41) is 11.7. The molecule has 1 unspecified atom stereocenters. The first-order chi connectivity index (χ1) is 12.2. The minimum Gasteiger partial charge on any atom is -0.363 e. The zero-order chi connectivity index (χ0) is 17.0. The van der Waals surface area contributed by atoms with Gasteiger partial charge in [-0.3, -0.25) is 0 Å². The molecule has 4 nitrogen and oxygen atoms in total. The van der Waals surface area contributed by atoms with Gasteiger partial charge in [-0.1, -0.05) is 30.8 Å². The lowest BCUT2D eigenvalue weighted by Gasteiger charge is -2.15. The maximum absolute atomic E-state index is 5.43.